The number of aryl methyl sites for hydroxylation is 1. The van der Waals surface area contributed by atoms with Crippen molar-refractivity contribution >= 4 is 29.4 Å². The summed E-state index contributed by atoms with van der Waals surface area (Å²) in [6.45, 7) is 3.90. The number of carbonyl (C=O) groups is 2. The molecule has 0 aliphatic carbocycles. The highest BCUT2D eigenvalue weighted by molar-refractivity contribution is 5.95. The summed E-state index contributed by atoms with van der Waals surface area (Å²) in [6, 6.07) is 17.6. The van der Waals surface area contributed by atoms with Crippen molar-refractivity contribution in [1.29, 1.82) is 0 Å². The second-order valence-electron chi connectivity index (χ2n) is 7.29. The van der Waals surface area contributed by atoms with Gasteiger partial charge in [-0.05, 0) is 61.4 Å². The maximum Gasteiger partial charge on any atom is 0.271 e. The Bertz CT molecular complexity index is 1240. The molecule has 2 N–H and O–H groups in total. The maximum absolute atomic E-state index is 12.3. The Hall–Kier alpha value is -4.73. The average Bonchev–Trinajstić information content (AvgIpc) is 2.85. The van der Waals surface area contributed by atoms with Crippen LogP contribution in [0.2, 0.25) is 0 Å². The number of non-ortho nitro benzene ring substituents is 1. The zero-order valence-electron chi connectivity index (χ0n) is 19.2. The molecule has 0 saturated carbocycles. The first kappa shape index (κ1) is 24.9. The van der Waals surface area contributed by atoms with Gasteiger partial charge in [-0.1, -0.05) is 18.2 Å². The summed E-state index contributed by atoms with van der Waals surface area (Å²) < 4.78 is 11.3. The van der Waals surface area contributed by atoms with Gasteiger partial charge in [0.25, 0.3) is 17.5 Å². The number of amides is 2. The second kappa shape index (κ2) is 11.9. The van der Waals surface area contributed by atoms with Crippen molar-refractivity contribution in [3.8, 4) is 11.5 Å². The molecule has 3 aromatic rings. The summed E-state index contributed by atoms with van der Waals surface area (Å²) in [4.78, 5) is 34.6. The summed E-state index contributed by atoms with van der Waals surface area (Å²) in [5.41, 5.74) is 4.77. The largest absolute Gasteiger partial charge is 0.490 e. The Labute approximate surface area is 201 Å². The molecule has 0 aromatic heterocycles. The Balaban J connectivity index is 1.60. The summed E-state index contributed by atoms with van der Waals surface area (Å²) >= 11 is 0. The summed E-state index contributed by atoms with van der Waals surface area (Å²) in [5.74, 6) is -0.0113. The van der Waals surface area contributed by atoms with Crippen molar-refractivity contribution in [3.05, 3.63) is 93.5 Å². The fourth-order valence-corrected chi connectivity index (χ4v) is 3.00. The van der Waals surface area contributed by atoms with Crippen molar-refractivity contribution in [2.24, 2.45) is 5.10 Å². The first-order valence-corrected chi connectivity index (χ1v) is 10.7. The maximum atomic E-state index is 12.3. The van der Waals surface area contributed by atoms with Gasteiger partial charge in [-0.3, -0.25) is 19.7 Å². The number of hydrazone groups is 1. The molecule has 0 bridgehead atoms. The highest BCUT2D eigenvalue weighted by Crippen LogP contribution is 2.28. The molecule has 3 aromatic carbocycles. The van der Waals surface area contributed by atoms with Gasteiger partial charge in [0, 0.05) is 23.4 Å². The third-order valence-electron chi connectivity index (χ3n) is 4.77. The monoisotopic (exact) mass is 476 g/mol. The van der Waals surface area contributed by atoms with Crippen LogP contribution in [0, 0.1) is 17.0 Å². The minimum absolute atomic E-state index is 0.108. The van der Waals surface area contributed by atoms with Gasteiger partial charge in [0.15, 0.2) is 18.1 Å². The van der Waals surface area contributed by atoms with Crippen LogP contribution < -0.4 is 20.2 Å². The number of nitrogens with one attached hydrogen (secondary N) is 2. The van der Waals surface area contributed by atoms with E-state index in [4.69, 9.17) is 9.47 Å². The summed E-state index contributed by atoms with van der Waals surface area (Å²) in [6.07, 6.45) is 1.42. The molecule has 0 spiro atoms. The number of benzene rings is 3. The van der Waals surface area contributed by atoms with E-state index in [1.165, 1.54) is 30.5 Å². The lowest BCUT2D eigenvalue weighted by Crippen LogP contribution is -2.20. The summed E-state index contributed by atoms with van der Waals surface area (Å²) in [5, 5.41) is 17.4. The van der Waals surface area contributed by atoms with Crippen LogP contribution in [0.1, 0.15) is 28.4 Å². The molecule has 0 fully saturated rings. The van der Waals surface area contributed by atoms with E-state index in [9.17, 15) is 19.7 Å². The average molecular weight is 476 g/mol. The number of hydrogen-bond acceptors (Lipinski definition) is 7. The van der Waals surface area contributed by atoms with Crippen LogP contribution in [0.3, 0.4) is 0 Å². The van der Waals surface area contributed by atoms with Gasteiger partial charge in [0.05, 0.1) is 17.7 Å². The standard InChI is InChI=1S/C25H24N4O6/c1-3-34-23-14-18(15-26-28-25(31)19-9-11-20(12-10-19)29(32)33)8-13-22(23)35-16-24(30)27-21-7-5-4-6-17(21)2/h4-15H,3,16H2,1-2H3,(H,27,30)(H,28,31)/b26-15+. The topological polar surface area (TPSA) is 132 Å². The molecule has 0 aliphatic heterocycles. The van der Waals surface area contributed by atoms with Gasteiger partial charge in [0.1, 0.15) is 0 Å². The highest BCUT2D eigenvalue weighted by Gasteiger charge is 2.11. The van der Waals surface area contributed by atoms with E-state index in [-0.39, 0.29) is 23.8 Å². The van der Waals surface area contributed by atoms with E-state index in [1.54, 1.807) is 18.2 Å². The van der Waals surface area contributed by atoms with Crippen LogP contribution in [0.15, 0.2) is 71.8 Å². The Kier molecular flexibility index (Phi) is 8.49. The van der Waals surface area contributed by atoms with E-state index >= 15 is 0 Å². The first-order chi connectivity index (χ1) is 16.9. The van der Waals surface area contributed by atoms with Crippen molar-refractivity contribution < 1.29 is 24.0 Å². The third kappa shape index (κ3) is 7.13. The van der Waals surface area contributed by atoms with Gasteiger partial charge in [-0.2, -0.15) is 5.10 Å². The number of nitro benzene ring substituents is 1. The lowest BCUT2D eigenvalue weighted by molar-refractivity contribution is -0.384. The Morgan fingerprint density at radius 1 is 1.03 bits per heavy atom. The van der Waals surface area contributed by atoms with E-state index in [0.29, 0.717) is 29.4 Å². The summed E-state index contributed by atoms with van der Waals surface area (Å²) in [7, 11) is 0. The van der Waals surface area contributed by atoms with E-state index < -0.39 is 10.8 Å². The third-order valence-corrected chi connectivity index (χ3v) is 4.77. The molecule has 0 atom stereocenters. The first-order valence-electron chi connectivity index (χ1n) is 10.7. The number of carbonyl (C=O) groups excluding carboxylic acids is 2. The molecule has 0 saturated heterocycles. The minimum Gasteiger partial charge on any atom is -0.490 e. The van der Waals surface area contributed by atoms with Crippen molar-refractivity contribution in [1.82, 2.24) is 5.43 Å². The van der Waals surface area contributed by atoms with Crippen LogP contribution in [-0.2, 0) is 4.79 Å². The fourth-order valence-electron chi connectivity index (χ4n) is 3.00. The quantitative estimate of drug-likeness (QED) is 0.257. The molecule has 0 radical (unpaired) electrons. The van der Waals surface area contributed by atoms with Crippen LogP contribution >= 0.6 is 0 Å². The van der Waals surface area contributed by atoms with Gasteiger partial charge in [-0.25, -0.2) is 5.43 Å². The number of ether oxygens (including phenoxy) is 2. The predicted octanol–water partition coefficient (Wildman–Crippen LogP) is 4.08. The van der Waals surface area contributed by atoms with Crippen molar-refractivity contribution in [2.45, 2.75) is 13.8 Å². The molecule has 0 aliphatic rings. The van der Waals surface area contributed by atoms with Gasteiger partial charge in [0.2, 0.25) is 0 Å². The Morgan fingerprint density at radius 3 is 2.46 bits per heavy atom. The Morgan fingerprint density at radius 2 is 1.77 bits per heavy atom. The molecule has 3 rings (SSSR count). The molecule has 0 heterocycles. The normalized spacial score (nSPS) is 10.6. The van der Waals surface area contributed by atoms with Crippen molar-refractivity contribution in [2.75, 3.05) is 18.5 Å². The lowest BCUT2D eigenvalue weighted by atomic mass is 10.2. The van der Waals surface area contributed by atoms with Gasteiger partial charge in [-0.15, -0.1) is 0 Å². The van der Waals surface area contributed by atoms with Crippen LogP contribution in [0.5, 0.6) is 11.5 Å². The van der Waals surface area contributed by atoms with Gasteiger partial charge < -0.3 is 14.8 Å². The molecule has 10 heteroatoms. The molecule has 35 heavy (non-hydrogen) atoms. The molecule has 10 nitrogen and oxygen atoms in total. The molecular weight excluding hydrogens is 452 g/mol. The van der Waals surface area contributed by atoms with Crippen molar-refractivity contribution in [3.63, 3.8) is 0 Å². The SMILES string of the molecule is CCOc1cc(/C=N/NC(=O)c2ccc([N+](=O)[O-])cc2)ccc1OCC(=O)Nc1ccccc1C. The zero-order valence-corrected chi connectivity index (χ0v) is 19.2. The van der Waals surface area contributed by atoms with E-state index in [0.717, 1.165) is 5.56 Å². The van der Waals surface area contributed by atoms with Crippen LogP contribution in [0.25, 0.3) is 0 Å². The molecule has 0 unspecified atom stereocenters. The molecular formula is C25H24N4O6. The van der Waals surface area contributed by atoms with Crippen LogP contribution in [-0.4, -0.2) is 36.2 Å². The number of nitrogens with zero attached hydrogens (tertiary/aromatic N) is 2. The molecule has 180 valence electrons. The number of para-hydroxylation sites is 1. The fraction of sp³-hybridized carbons (Fsp3) is 0.160. The van der Waals surface area contributed by atoms with Gasteiger partial charge >= 0.3 is 0 Å². The van der Waals surface area contributed by atoms with Crippen LogP contribution in [0.4, 0.5) is 11.4 Å². The molecule has 2 amide bonds. The predicted molar refractivity (Wildman–Crippen MR) is 131 cm³/mol. The number of nitro groups is 1. The van der Waals surface area contributed by atoms with E-state index in [1.807, 2.05) is 38.1 Å². The number of anilines is 1. The zero-order chi connectivity index (χ0) is 25.2. The minimum atomic E-state index is -0.542. The highest BCUT2D eigenvalue weighted by atomic mass is 16.6. The smallest absolute Gasteiger partial charge is 0.271 e. The number of rotatable bonds is 10. The lowest BCUT2D eigenvalue weighted by Gasteiger charge is -2.13. The number of hydrogen-bond donors (Lipinski definition) is 2. The van der Waals surface area contributed by atoms with E-state index in [2.05, 4.69) is 15.8 Å². The second-order valence-corrected chi connectivity index (χ2v) is 7.29.